The van der Waals surface area contributed by atoms with Gasteiger partial charge in [0.1, 0.15) is 5.82 Å². The van der Waals surface area contributed by atoms with Gasteiger partial charge in [-0.05, 0) is 56.1 Å². The highest BCUT2D eigenvalue weighted by atomic mass is 35.5. The fourth-order valence-electron chi connectivity index (χ4n) is 3.91. The highest BCUT2D eigenvalue weighted by Gasteiger charge is 2.24. The van der Waals surface area contributed by atoms with Crippen LogP contribution < -0.4 is 11.1 Å². The molecule has 1 fully saturated rings. The maximum atomic E-state index is 12.7. The van der Waals surface area contributed by atoms with Crippen LogP contribution in [-0.4, -0.2) is 44.6 Å². The molecule has 1 atom stereocenters. The number of nitrogens with one attached hydrogen (secondary N) is 1. The topological polar surface area (TPSA) is 106 Å². The molecule has 1 aliphatic heterocycles. The summed E-state index contributed by atoms with van der Waals surface area (Å²) in [5, 5.41) is 7.68. The molecule has 0 aliphatic carbocycles. The van der Waals surface area contributed by atoms with Gasteiger partial charge in [0.05, 0.1) is 16.6 Å². The number of hydrogen-bond acceptors (Lipinski definition) is 5. The maximum Gasteiger partial charge on any atom is 0.295 e. The van der Waals surface area contributed by atoms with Crippen LogP contribution in [0.5, 0.6) is 0 Å². The summed E-state index contributed by atoms with van der Waals surface area (Å²) in [6.07, 6.45) is 1.82. The number of amides is 2. The highest BCUT2D eigenvalue weighted by Crippen LogP contribution is 2.21. The third-order valence-electron chi connectivity index (χ3n) is 5.58. The lowest BCUT2D eigenvalue weighted by molar-refractivity contribution is -0.123. The number of carbonyl (C=O) groups is 2. The van der Waals surface area contributed by atoms with Crippen molar-refractivity contribution in [1.29, 1.82) is 0 Å². The van der Waals surface area contributed by atoms with Crippen LogP contribution in [0.4, 0.5) is 5.69 Å². The zero-order valence-electron chi connectivity index (χ0n) is 17.8. The first-order valence-corrected chi connectivity index (χ1v) is 10.9. The van der Waals surface area contributed by atoms with Gasteiger partial charge >= 0.3 is 0 Å². The number of nitrogens with two attached hydrogens (primary N) is 1. The molecule has 3 aromatic rings. The Hall–Kier alpha value is -3.23. The second-order valence-corrected chi connectivity index (χ2v) is 8.38. The summed E-state index contributed by atoms with van der Waals surface area (Å²) >= 11 is 6.24. The van der Waals surface area contributed by atoms with Crippen molar-refractivity contribution >= 4 is 29.1 Å². The van der Waals surface area contributed by atoms with Gasteiger partial charge in [-0.15, -0.1) is 5.10 Å². The van der Waals surface area contributed by atoms with E-state index in [1.807, 2.05) is 42.5 Å². The summed E-state index contributed by atoms with van der Waals surface area (Å²) in [4.78, 5) is 30.7. The predicted octanol–water partition coefficient (Wildman–Crippen LogP) is 3.18. The molecule has 3 N–H and O–H groups in total. The van der Waals surface area contributed by atoms with E-state index in [4.69, 9.17) is 17.3 Å². The van der Waals surface area contributed by atoms with Crippen LogP contribution in [0.2, 0.25) is 5.02 Å². The van der Waals surface area contributed by atoms with E-state index in [0.717, 1.165) is 31.5 Å². The minimum atomic E-state index is -0.396. The monoisotopic (exact) mass is 452 g/mol. The molecule has 0 bridgehead atoms. The molecular formula is C23H25ClN6O2. The fraction of sp³-hybridized carbons (Fsp3) is 0.304. The van der Waals surface area contributed by atoms with Crippen LogP contribution in [0, 0.1) is 12.8 Å². The zero-order valence-corrected chi connectivity index (χ0v) is 18.5. The molecule has 0 saturated carbocycles. The van der Waals surface area contributed by atoms with Gasteiger partial charge in [-0.2, -0.15) is 0 Å². The summed E-state index contributed by atoms with van der Waals surface area (Å²) in [6.45, 7) is 4.14. The minimum absolute atomic E-state index is 0.0670. The molecule has 0 spiro atoms. The van der Waals surface area contributed by atoms with Crippen LogP contribution >= 0.6 is 11.6 Å². The quantitative estimate of drug-likeness (QED) is 0.597. The van der Waals surface area contributed by atoms with E-state index < -0.39 is 5.91 Å². The molecule has 2 aromatic carbocycles. The minimum Gasteiger partial charge on any atom is -0.369 e. The van der Waals surface area contributed by atoms with E-state index in [1.54, 1.807) is 17.7 Å². The molecule has 1 unspecified atom stereocenters. The Morgan fingerprint density at radius 1 is 1.19 bits per heavy atom. The number of nitrogens with zero attached hydrogens (tertiary/aromatic N) is 4. The molecule has 1 saturated heterocycles. The Morgan fingerprint density at radius 3 is 2.66 bits per heavy atom. The van der Waals surface area contributed by atoms with Crippen LogP contribution in [0.3, 0.4) is 0 Å². The Bertz CT molecular complexity index is 1130. The molecule has 9 heteroatoms. The Morgan fingerprint density at radius 2 is 1.94 bits per heavy atom. The number of benzene rings is 2. The molecule has 166 valence electrons. The molecule has 1 aromatic heterocycles. The molecule has 1 aliphatic rings. The van der Waals surface area contributed by atoms with Crippen LogP contribution in [0.1, 0.15) is 34.8 Å². The number of aryl methyl sites for hydroxylation is 1. The number of hydrogen-bond donors (Lipinski definition) is 2. The lowest BCUT2D eigenvalue weighted by Crippen LogP contribution is -2.40. The van der Waals surface area contributed by atoms with Gasteiger partial charge in [0.15, 0.2) is 0 Å². The third-order valence-corrected chi connectivity index (χ3v) is 5.90. The first kappa shape index (κ1) is 22.0. The molecule has 4 rings (SSSR count). The molecular weight excluding hydrogens is 428 g/mol. The number of primary amides is 1. The first-order valence-electron chi connectivity index (χ1n) is 10.5. The van der Waals surface area contributed by atoms with Gasteiger partial charge in [-0.3, -0.25) is 14.5 Å². The maximum absolute atomic E-state index is 12.7. The van der Waals surface area contributed by atoms with Crippen LogP contribution in [0.25, 0.3) is 5.69 Å². The number of halogens is 1. The molecule has 2 amide bonds. The third kappa shape index (κ3) is 4.98. The average molecular weight is 453 g/mol. The van der Waals surface area contributed by atoms with E-state index in [1.165, 1.54) is 0 Å². The van der Waals surface area contributed by atoms with Gasteiger partial charge in [0.2, 0.25) is 11.7 Å². The number of anilines is 1. The standard InChI is InChI=1S/C23H25ClN6O2/c1-15-26-22(28-30(15)20-7-3-2-6-19(20)24)23(32)27-18-10-8-16(9-11-18)13-29-12-4-5-17(14-29)21(25)31/h2-3,6-11,17H,4-5,12-14H2,1H3,(H2,25,31)(H,27,32). The van der Waals surface area contributed by atoms with Crippen molar-refractivity contribution in [2.45, 2.75) is 26.3 Å². The van der Waals surface area contributed by atoms with Crippen LogP contribution in [0.15, 0.2) is 48.5 Å². The van der Waals surface area contributed by atoms with Gasteiger partial charge in [-0.25, -0.2) is 9.67 Å². The van der Waals surface area contributed by atoms with E-state index in [0.29, 0.717) is 28.8 Å². The summed E-state index contributed by atoms with van der Waals surface area (Å²) < 4.78 is 1.55. The molecule has 0 radical (unpaired) electrons. The van der Waals surface area contributed by atoms with Gasteiger partial charge in [0, 0.05) is 18.8 Å². The normalized spacial score (nSPS) is 16.6. The van der Waals surface area contributed by atoms with Crippen molar-refractivity contribution in [3.05, 3.63) is 70.8 Å². The summed E-state index contributed by atoms with van der Waals surface area (Å²) in [5.74, 6) is -0.0730. The number of carbonyl (C=O) groups excluding carboxylic acids is 2. The van der Waals surface area contributed by atoms with Crippen molar-refractivity contribution in [3.63, 3.8) is 0 Å². The fourth-order valence-corrected chi connectivity index (χ4v) is 4.12. The lowest BCUT2D eigenvalue weighted by atomic mass is 9.97. The highest BCUT2D eigenvalue weighted by molar-refractivity contribution is 6.32. The lowest BCUT2D eigenvalue weighted by Gasteiger charge is -2.31. The van der Waals surface area contributed by atoms with Crippen molar-refractivity contribution in [1.82, 2.24) is 19.7 Å². The van der Waals surface area contributed by atoms with E-state index >= 15 is 0 Å². The molecule has 8 nitrogen and oxygen atoms in total. The Labute approximate surface area is 191 Å². The van der Waals surface area contributed by atoms with E-state index in [-0.39, 0.29) is 17.6 Å². The van der Waals surface area contributed by atoms with Crippen molar-refractivity contribution in [3.8, 4) is 5.69 Å². The van der Waals surface area contributed by atoms with Crippen LogP contribution in [-0.2, 0) is 11.3 Å². The van der Waals surface area contributed by atoms with Crippen molar-refractivity contribution in [2.75, 3.05) is 18.4 Å². The predicted molar refractivity (Wildman–Crippen MR) is 123 cm³/mol. The largest absolute Gasteiger partial charge is 0.369 e. The first-order chi connectivity index (χ1) is 15.4. The molecule has 2 heterocycles. The number of piperidine rings is 1. The number of likely N-dealkylation sites (tertiary alicyclic amines) is 1. The number of rotatable bonds is 6. The number of para-hydroxylation sites is 1. The smallest absolute Gasteiger partial charge is 0.295 e. The SMILES string of the molecule is Cc1nc(C(=O)Nc2ccc(CN3CCCC(C(N)=O)C3)cc2)nn1-c1ccccc1Cl. The van der Waals surface area contributed by atoms with Crippen molar-refractivity contribution < 1.29 is 9.59 Å². The second-order valence-electron chi connectivity index (χ2n) is 7.97. The summed E-state index contributed by atoms with van der Waals surface area (Å²) in [5.41, 5.74) is 7.88. The summed E-state index contributed by atoms with van der Waals surface area (Å²) in [6, 6.07) is 14.9. The Kier molecular flexibility index (Phi) is 6.53. The van der Waals surface area contributed by atoms with Gasteiger partial charge in [-0.1, -0.05) is 35.9 Å². The van der Waals surface area contributed by atoms with Crippen molar-refractivity contribution in [2.24, 2.45) is 11.7 Å². The average Bonchev–Trinajstić information content (AvgIpc) is 3.17. The Balaban J connectivity index is 1.40. The summed E-state index contributed by atoms with van der Waals surface area (Å²) in [7, 11) is 0. The molecule has 32 heavy (non-hydrogen) atoms. The van der Waals surface area contributed by atoms with Gasteiger partial charge in [0.25, 0.3) is 5.91 Å². The second kappa shape index (κ2) is 9.50. The zero-order chi connectivity index (χ0) is 22.7. The number of aromatic nitrogens is 3. The van der Waals surface area contributed by atoms with E-state index in [2.05, 4.69) is 20.3 Å². The van der Waals surface area contributed by atoms with Gasteiger partial charge < -0.3 is 11.1 Å². The van der Waals surface area contributed by atoms with E-state index in [9.17, 15) is 9.59 Å².